The Morgan fingerprint density at radius 1 is 1.18 bits per heavy atom. The summed E-state index contributed by atoms with van der Waals surface area (Å²) in [6.07, 6.45) is 9.03. The van der Waals surface area contributed by atoms with Crippen LogP contribution in [0.15, 0.2) is 6.20 Å². The van der Waals surface area contributed by atoms with Crippen LogP contribution in [0.5, 0.6) is 0 Å². The maximum absolute atomic E-state index is 6.16. The average Bonchev–Trinajstić information content (AvgIpc) is 2.82. The smallest absolute Gasteiger partial charge is 0.225 e. The Morgan fingerprint density at radius 3 is 2.82 bits per heavy atom. The third-order valence-electron chi connectivity index (χ3n) is 3.85. The minimum atomic E-state index is 0.139. The molecule has 4 heteroatoms. The predicted octanol–water partition coefficient (Wildman–Crippen LogP) is 1.80. The Labute approximate surface area is 102 Å². The molecule has 0 amide bonds. The molecule has 1 aliphatic carbocycles. The highest BCUT2D eigenvalue weighted by Crippen LogP contribution is 2.27. The predicted molar refractivity (Wildman–Crippen MR) is 68.0 cm³/mol. The average molecular weight is 232 g/mol. The first kappa shape index (κ1) is 11.0. The fourth-order valence-corrected chi connectivity index (χ4v) is 2.81. The van der Waals surface area contributed by atoms with Crippen molar-refractivity contribution in [2.75, 3.05) is 18.0 Å². The summed E-state index contributed by atoms with van der Waals surface area (Å²) in [6, 6.07) is 0.139. The third-order valence-corrected chi connectivity index (χ3v) is 3.85. The van der Waals surface area contributed by atoms with E-state index in [9.17, 15) is 0 Å². The Balaban J connectivity index is 1.91. The number of hydrogen-bond donors (Lipinski definition) is 1. The van der Waals surface area contributed by atoms with E-state index in [-0.39, 0.29) is 6.04 Å². The number of fused-ring (bicyclic) bond motifs is 1. The standard InChI is InChI=1S/C13H20N4/c14-11-5-1-2-6-12-10(11)9-15-13(16-12)17-7-3-4-8-17/h9,11H,1-8,14H2. The van der Waals surface area contributed by atoms with Crippen LogP contribution in [0.2, 0.25) is 0 Å². The molecule has 1 unspecified atom stereocenters. The topological polar surface area (TPSA) is 55.0 Å². The molecule has 2 N–H and O–H groups in total. The number of hydrogen-bond acceptors (Lipinski definition) is 4. The molecule has 17 heavy (non-hydrogen) atoms. The second-order valence-electron chi connectivity index (χ2n) is 5.12. The zero-order chi connectivity index (χ0) is 11.7. The molecule has 1 aliphatic heterocycles. The van der Waals surface area contributed by atoms with Gasteiger partial charge in [-0.1, -0.05) is 6.42 Å². The fraction of sp³-hybridized carbons (Fsp3) is 0.692. The molecule has 1 saturated heterocycles. The maximum Gasteiger partial charge on any atom is 0.225 e. The molecular formula is C13H20N4. The molecule has 0 bridgehead atoms. The van der Waals surface area contributed by atoms with Gasteiger partial charge in [0.05, 0.1) is 5.69 Å². The fourth-order valence-electron chi connectivity index (χ4n) is 2.81. The molecule has 0 spiro atoms. The van der Waals surface area contributed by atoms with Crippen molar-refractivity contribution in [3.05, 3.63) is 17.5 Å². The summed E-state index contributed by atoms with van der Waals surface area (Å²) >= 11 is 0. The molecule has 4 nitrogen and oxygen atoms in total. The summed E-state index contributed by atoms with van der Waals surface area (Å²) in [6.45, 7) is 2.20. The molecule has 0 radical (unpaired) electrons. The van der Waals surface area contributed by atoms with Crippen molar-refractivity contribution in [1.82, 2.24) is 9.97 Å². The Bertz CT molecular complexity index is 398. The molecule has 2 aliphatic rings. The first-order valence-corrected chi connectivity index (χ1v) is 6.71. The van der Waals surface area contributed by atoms with Crippen molar-refractivity contribution >= 4 is 5.95 Å². The first-order chi connectivity index (χ1) is 8.34. The lowest BCUT2D eigenvalue weighted by Gasteiger charge is -2.18. The van der Waals surface area contributed by atoms with Crippen molar-refractivity contribution in [1.29, 1.82) is 0 Å². The van der Waals surface area contributed by atoms with Crippen LogP contribution >= 0.6 is 0 Å². The number of anilines is 1. The van der Waals surface area contributed by atoms with Crippen molar-refractivity contribution < 1.29 is 0 Å². The normalized spacial score (nSPS) is 24.5. The van der Waals surface area contributed by atoms with Gasteiger partial charge in [0.1, 0.15) is 0 Å². The van der Waals surface area contributed by atoms with Crippen molar-refractivity contribution in [2.24, 2.45) is 5.73 Å². The monoisotopic (exact) mass is 232 g/mol. The summed E-state index contributed by atoms with van der Waals surface area (Å²) in [4.78, 5) is 11.5. The zero-order valence-electron chi connectivity index (χ0n) is 10.2. The minimum Gasteiger partial charge on any atom is -0.341 e. The number of rotatable bonds is 1. The van der Waals surface area contributed by atoms with E-state index >= 15 is 0 Å². The van der Waals surface area contributed by atoms with E-state index in [2.05, 4.69) is 9.88 Å². The van der Waals surface area contributed by atoms with Gasteiger partial charge in [-0.2, -0.15) is 0 Å². The van der Waals surface area contributed by atoms with Gasteiger partial charge in [0, 0.05) is 30.9 Å². The van der Waals surface area contributed by atoms with Crippen molar-refractivity contribution in [3.63, 3.8) is 0 Å². The highest BCUT2D eigenvalue weighted by Gasteiger charge is 2.20. The molecule has 2 heterocycles. The lowest BCUT2D eigenvalue weighted by molar-refractivity contribution is 0.614. The second kappa shape index (κ2) is 4.61. The van der Waals surface area contributed by atoms with Gasteiger partial charge in [-0.25, -0.2) is 9.97 Å². The summed E-state index contributed by atoms with van der Waals surface area (Å²) in [5.74, 6) is 0.912. The van der Waals surface area contributed by atoms with E-state index in [1.807, 2.05) is 6.20 Å². The van der Waals surface area contributed by atoms with Gasteiger partial charge in [-0.05, 0) is 32.1 Å². The molecule has 3 rings (SSSR count). The molecule has 92 valence electrons. The van der Waals surface area contributed by atoms with E-state index in [0.717, 1.165) is 31.9 Å². The summed E-state index contributed by atoms with van der Waals surface area (Å²) in [5.41, 5.74) is 8.51. The second-order valence-corrected chi connectivity index (χ2v) is 5.12. The largest absolute Gasteiger partial charge is 0.341 e. The third kappa shape index (κ3) is 2.14. The van der Waals surface area contributed by atoms with E-state index in [0.29, 0.717) is 0 Å². The van der Waals surface area contributed by atoms with E-state index in [4.69, 9.17) is 10.7 Å². The highest BCUT2D eigenvalue weighted by atomic mass is 15.3. The van der Waals surface area contributed by atoms with Gasteiger partial charge in [0.15, 0.2) is 0 Å². The van der Waals surface area contributed by atoms with E-state index in [1.54, 1.807) is 0 Å². The van der Waals surface area contributed by atoms with Gasteiger partial charge in [-0.3, -0.25) is 0 Å². The molecule has 1 atom stereocenters. The molecular weight excluding hydrogens is 212 g/mol. The molecule has 1 aromatic heterocycles. The van der Waals surface area contributed by atoms with Gasteiger partial charge in [0.2, 0.25) is 5.95 Å². The number of nitrogens with zero attached hydrogens (tertiary/aromatic N) is 3. The molecule has 1 aromatic rings. The zero-order valence-corrected chi connectivity index (χ0v) is 10.2. The molecule has 0 aromatic carbocycles. The molecule has 0 saturated carbocycles. The lowest BCUT2D eigenvalue weighted by Crippen LogP contribution is -2.22. The minimum absolute atomic E-state index is 0.139. The summed E-state index contributed by atoms with van der Waals surface area (Å²) in [5, 5.41) is 0. The Morgan fingerprint density at radius 2 is 2.00 bits per heavy atom. The lowest BCUT2D eigenvalue weighted by atomic mass is 10.1. The SMILES string of the molecule is NC1CCCCc2nc(N3CCCC3)ncc21. The van der Waals surface area contributed by atoms with Crippen LogP contribution in [-0.2, 0) is 6.42 Å². The van der Waals surface area contributed by atoms with Gasteiger partial charge in [-0.15, -0.1) is 0 Å². The van der Waals surface area contributed by atoms with Crippen LogP contribution in [-0.4, -0.2) is 23.1 Å². The van der Waals surface area contributed by atoms with E-state index in [1.165, 1.54) is 36.9 Å². The molecule has 1 fully saturated rings. The number of aryl methyl sites for hydroxylation is 1. The quantitative estimate of drug-likeness (QED) is 0.750. The van der Waals surface area contributed by atoms with E-state index < -0.39 is 0 Å². The van der Waals surface area contributed by atoms with Crippen LogP contribution in [0.3, 0.4) is 0 Å². The first-order valence-electron chi connectivity index (χ1n) is 6.71. The van der Waals surface area contributed by atoms with Gasteiger partial charge >= 0.3 is 0 Å². The summed E-state index contributed by atoms with van der Waals surface area (Å²) < 4.78 is 0. The number of aromatic nitrogens is 2. The van der Waals surface area contributed by atoms with Crippen LogP contribution in [0.25, 0.3) is 0 Å². The van der Waals surface area contributed by atoms with Crippen molar-refractivity contribution in [3.8, 4) is 0 Å². The van der Waals surface area contributed by atoms with Gasteiger partial charge < -0.3 is 10.6 Å². The van der Waals surface area contributed by atoms with Crippen LogP contribution < -0.4 is 10.6 Å². The Kier molecular flexibility index (Phi) is 2.97. The van der Waals surface area contributed by atoms with Gasteiger partial charge in [0.25, 0.3) is 0 Å². The summed E-state index contributed by atoms with van der Waals surface area (Å²) in [7, 11) is 0. The van der Waals surface area contributed by atoms with Crippen LogP contribution in [0.1, 0.15) is 49.4 Å². The van der Waals surface area contributed by atoms with Crippen molar-refractivity contribution in [2.45, 2.75) is 44.6 Å². The van der Waals surface area contributed by atoms with Crippen LogP contribution in [0.4, 0.5) is 5.95 Å². The number of nitrogens with two attached hydrogens (primary N) is 1. The Hall–Kier alpha value is -1.16. The van der Waals surface area contributed by atoms with Crippen LogP contribution in [0, 0.1) is 0 Å². The maximum atomic E-state index is 6.16. The highest BCUT2D eigenvalue weighted by molar-refractivity contribution is 5.35.